The van der Waals surface area contributed by atoms with Gasteiger partial charge in [-0.25, -0.2) is 17.9 Å². The number of hydrogen-bond donors (Lipinski definition) is 2. The van der Waals surface area contributed by atoms with E-state index in [4.69, 9.17) is 5.14 Å². The molecule has 0 radical (unpaired) electrons. The Morgan fingerprint density at radius 3 is 2.54 bits per heavy atom. The molecule has 0 aliphatic carbocycles. The molecular weight excluding hydrogens is 377 g/mol. The first-order chi connectivity index (χ1) is 13.3. The van der Waals surface area contributed by atoms with Gasteiger partial charge in [-0.15, -0.1) is 0 Å². The Morgan fingerprint density at radius 2 is 1.86 bits per heavy atom. The predicted octanol–water partition coefficient (Wildman–Crippen LogP) is 3.27. The van der Waals surface area contributed by atoms with E-state index in [2.05, 4.69) is 17.2 Å². The van der Waals surface area contributed by atoms with Crippen molar-refractivity contribution in [2.24, 2.45) is 5.14 Å². The summed E-state index contributed by atoms with van der Waals surface area (Å²) >= 11 is 0. The van der Waals surface area contributed by atoms with Gasteiger partial charge in [0.25, 0.3) is 0 Å². The zero-order chi connectivity index (χ0) is 20.3. The molecule has 1 unspecified atom stereocenters. The average Bonchev–Trinajstić information content (AvgIpc) is 2.66. The first-order valence-electron chi connectivity index (χ1n) is 9.13. The number of aryl methyl sites for hydroxylation is 1. The van der Waals surface area contributed by atoms with Crippen molar-refractivity contribution in [2.45, 2.75) is 31.1 Å². The van der Waals surface area contributed by atoms with Gasteiger partial charge < -0.3 is 5.32 Å². The Hall–Kier alpha value is -2.35. The molecule has 1 heterocycles. The molecule has 0 saturated heterocycles. The van der Waals surface area contributed by atoms with Gasteiger partial charge in [0.2, 0.25) is 10.0 Å². The molecule has 7 heteroatoms. The molecule has 0 fully saturated rings. The summed E-state index contributed by atoms with van der Waals surface area (Å²) in [6.45, 7) is 5.48. The van der Waals surface area contributed by atoms with Gasteiger partial charge in [0.05, 0.1) is 10.6 Å². The predicted molar refractivity (Wildman–Crippen MR) is 109 cm³/mol. The van der Waals surface area contributed by atoms with Crippen LogP contribution < -0.4 is 10.5 Å². The number of benzene rings is 2. The third-order valence-electron chi connectivity index (χ3n) is 4.84. The van der Waals surface area contributed by atoms with Crippen LogP contribution in [-0.4, -0.2) is 26.5 Å². The molecule has 0 aliphatic heterocycles. The lowest BCUT2D eigenvalue weighted by atomic mass is 9.98. The summed E-state index contributed by atoms with van der Waals surface area (Å²) in [6, 6.07) is 11.4. The smallest absolute Gasteiger partial charge is 0.238 e. The minimum atomic E-state index is -3.75. The van der Waals surface area contributed by atoms with E-state index in [1.807, 2.05) is 6.92 Å². The highest BCUT2D eigenvalue weighted by Gasteiger charge is 2.15. The number of rotatable bonds is 7. The molecule has 148 valence electrons. The monoisotopic (exact) mass is 401 g/mol. The largest absolute Gasteiger partial charge is 0.316 e. The first-order valence-corrected chi connectivity index (χ1v) is 10.7. The minimum absolute atomic E-state index is 0.102. The highest BCUT2D eigenvalue weighted by atomic mass is 32.2. The molecular formula is C21H24FN3O2S. The maximum Gasteiger partial charge on any atom is 0.238 e. The lowest BCUT2D eigenvalue weighted by molar-refractivity contribution is 0.598. The van der Waals surface area contributed by atoms with E-state index in [1.165, 1.54) is 18.2 Å². The van der Waals surface area contributed by atoms with E-state index in [1.54, 1.807) is 30.5 Å². The SMILES string of the molecule is Cc1cnc(C(C)CNCCc2ccc(F)cc2)c2ccc(S(N)(=O)=O)cc12. The van der Waals surface area contributed by atoms with Crippen LogP contribution in [0.3, 0.4) is 0 Å². The Morgan fingerprint density at radius 1 is 1.14 bits per heavy atom. The van der Waals surface area contributed by atoms with E-state index in [9.17, 15) is 12.8 Å². The van der Waals surface area contributed by atoms with Gasteiger partial charge in [-0.05, 0) is 60.7 Å². The lowest BCUT2D eigenvalue weighted by Crippen LogP contribution is -2.23. The minimum Gasteiger partial charge on any atom is -0.316 e. The van der Waals surface area contributed by atoms with Crippen molar-refractivity contribution in [1.29, 1.82) is 0 Å². The average molecular weight is 402 g/mol. The van der Waals surface area contributed by atoms with Crippen LogP contribution in [0.5, 0.6) is 0 Å². The van der Waals surface area contributed by atoms with Crippen LogP contribution in [0.1, 0.15) is 29.7 Å². The zero-order valence-electron chi connectivity index (χ0n) is 15.9. The number of sulfonamides is 1. The third kappa shape index (κ3) is 4.73. The molecule has 2 aromatic carbocycles. The maximum atomic E-state index is 13.0. The Balaban J connectivity index is 1.71. The fraction of sp³-hybridized carbons (Fsp3) is 0.286. The van der Waals surface area contributed by atoms with E-state index in [-0.39, 0.29) is 16.6 Å². The number of primary sulfonamides is 1. The molecule has 3 rings (SSSR count). The summed E-state index contributed by atoms with van der Waals surface area (Å²) in [6.07, 6.45) is 2.58. The second kappa shape index (κ2) is 8.34. The second-order valence-electron chi connectivity index (χ2n) is 7.06. The van der Waals surface area contributed by atoms with Gasteiger partial charge in [-0.3, -0.25) is 4.98 Å². The van der Waals surface area contributed by atoms with Gasteiger partial charge in [0, 0.05) is 24.0 Å². The molecule has 0 saturated carbocycles. The number of hydrogen-bond acceptors (Lipinski definition) is 4. The van der Waals surface area contributed by atoms with Crippen molar-refractivity contribution in [3.63, 3.8) is 0 Å². The van der Waals surface area contributed by atoms with E-state index >= 15 is 0 Å². The summed E-state index contributed by atoms with van der Waals surface area (Å²) < 4.78 is 36.2. The number of pyridine rings is 1. The molecule has 3 aromatic rings. The molecule has 28 heavy (non-hydrogen) atoms. The Labute approximate surface area is 164 Å². The fourth-order valence-corrected chi connectivity index (χ4v) is 3.79. The summed E-state index contributed by atoms with van der Waals surface area (Å²) in [7, 11) is -3.75. The van der Waals surface area contributed by atoms with Gasteiger partial charge in [0.1, 0.15) is 5.82 Å². The zero-order valence-corrected chi connectivity index (χ0v) is 16.8. The van der Waals surface area contributed by atoms with E-state index in [0.29, 0.717) is 0 Å². The van der Waals surface area contributed by atoms with Gasteiger partial charge in [-0.1, -0.05) is 25.1 Å². The third-order valence-corrected chi connectivity index (χ3v) is 5.75. The molecule has 5 nitrogen and oxygen atoms in total. The standard InChI is InChI=1S/C21H24FN3O2S/c1-14-13-25-21(19-8-7-18(11-20(14)19)28(23,26)27)15(2)12-24-10-9-16-3-5-17(22)6-4-16/h3-8,11,13,15,24H,9-10,12H2,1-2H3,(H2,23,26,27). The second-order valence-corrected chi connectivity index (χ2v) is 8.62. The highest BCUT2D eigenvalue weighted by Crippen LogP contribution is 2.27. The Kier molecular flexibility index (Phi) is 6.07. The van der Waals surface area contributed by atoms with Gasteiger partial charge in [-0.2, -0.15) is 0 Å². The number of halogens is 1. The number of nitrogens with zero attached hydrogens (tertiary/aromatic N) is 1. The van der Waals surface area contributed by atoms with Crippen molar-refractivity contribution in [3.8, 4) is 0 Å². The van der Waals surface area contributed by atoms with Gasteiger partial charge in [0.15, 0.2) is 0 Å². The quantitative estimate of drug-likeness (QED) is 0.595. The Bertz CT molecular complexity index is 1080. The molecule has 0 spiro atoms. The first kappa shape index (κ1) is 20.4. The van der Waals surface area contributed by atoms with Crippen LogP contribution in [0.4, 0.5) is 4.39 Å². The molecule has 3 N–H and O–H groups in total. The van der Waals surface area contributed by atoms with Crippen molar-refractivity contribution < 1.29 is 12.8 Å². The van der Waals surface area contributed by atoms with Crippen molar-refractivity contribution in [1.82, 2.24) is 10.3 Å². The summed E-state index contributed by atoms with van der Waals surface area (Å²) in [4.78, 5) is 4.68. The van der Waals surface area contributed by atoms with Crippen molar-refractivity contribution >= 4 is 20.8 Å². The number of aromatic nitrogens is 1. The van der Waals surface area contributed by atoms with Crippen LogP contribution in [0.2, 0.25) is 0 Å². The molecule has 0 bridgehead atoms. The normalized spacial score (nSPS) is 13.0. The van der Waals surface area contributed by atoms with Crippen LogP contribution in [0.15, 0.2) is 53.6 Å². The summed E-state index contributed by atoms with van der Waals surface area (Å²) in [5.74, 6) is -0.0927. The molecule has 0 aliphatic rings. The van der Waals surface area contributed by atoms with Crippen LogP contribution in [-0.2, 0) is 16.4 Å². The molecule has 1 atom stereocenters. The van der Waals surface area contributed by atoms with Crippen LogP contribution in [0, 0.1) is 12.7 Å². The number of nitrogens with one attached hydrogen (secondary N) is 1. The lowest BCUT2D eigenvalue weighted by Gasteiger charge is -2.16. The fourth-order valence-electron chi connectivity index (χ4n) is 3.25. The molecule has 0 amide bonds. The number of nitrogens with two attached hydrogens (primary N) is 1. The van der Waals surface area contributed by atoms with Gasteiger partial charge >= 0.3 is 0 Å². The topological polar surface area (TPSA) is 85.1 Å². The van der Waals surface area contributed by atoms with Crippen molar-refractivity contribution in [3.05, 3.63) is 71.3 Å². The highest BCUT2D eigenvalue weighted by molar-refractivity contribution is 7.89. The summed E-state index contributed by atoms with van der Waals surface area (Å²) in [5.41, 5.74) is 2.90. The maximum absolute atomic E-state index is 13.0. The van der Waals surface area contributed by atoms with Crippen molar-refractivity contribution in [2.75, 3.05) is 13.1 Å². The molecule has 1 aromatic heterocycles. The summed E-state index contributed by atoms with van der Waals surface area (Å²) in [5, 5.41) is 10.4. The van der Waals surface area contributed by atoms with Crippen LogP contribution in [0.25, 0.3) is 10.8 Å². The van der Waals surface area contributed by atoms with E-state index < -0.39 is 10.0 Å². The number of fused-ring (bicyclic) bond motifs is 1. The van der Waals surface area contributed by atoms with E-state index in [0.717, 1.165) is 47.1 Å². The van der Waals surface area contributed by atoms with Crippen LogP contribution >= 0.6 is 0 Å².